The summed E-state index contributed by atoms with van der Waals surface area (Å²) >= 11 is 0. The van der Waals surface area contributed by atoms with Crippen molar-refractivity contribution in [1.29, 1.82) is 0 Å². The molecule has 1 N–H and O–H groups in total. The van der Waals surface area contributed by atoms with E-state index in [0.717, 1.165) is 25.7 Å². The van der Waals surface area contributed by atoms with Gasteiger partial charge in [0.05, 0.1) is 0 Å². The molecule has 1 fully saturated rings. The minimum Gasteiger partial charge on any atom is -0.502 e. The molecule has 3 heteroatoms. The van der Waals surface area contributed by atoms with Crippen LogP contribution >= 0.6 is 0 Å². The van der Waals surface area contributed by atoms with Crippen LogP contribution in [0, 0.1) is 6.92 Å². The van der Waals surface area contributed by atoms with Crippen LogP contribution in [0.3, 0.4) is 0 Å². The molecule has 3 nitrogen and oxygen atoms in total. The van der Waals surface area contributed by atoms with E-state index in [4.69, 9.17) is 4.42 Å². The van der Waals surface area contributed by atoms with Crippen LogP contribution in [0.1, 0.15) is 49.5 Å². The Morgan fingerprint density at radius 2 is 2.00 bits per heavy atom. The highest BCUT2D eigenvalue weighted by molar-refractivity contribution is 5.27. The van der Waals surface area contributed by atoms with Crippen LogP contribution in [-0.4, -0.2) is 5.11 Å². The van der Waals surface area contributed by atoms with E-state index in [-0.39, 0.29) is 17.1 Å². The fourth-order valence-corrected chi connectivity index (χ4v) is 2.27. The second kappa shape index (κ2) is 4.09. The zero-order valence-corrected chi connectivity index (χ0v) is 8.95. The number of hydrogen-bond acceptors (Lipinski definition) is 3. The third-order valence-electron chi connectivity index (χ3n) is 3.05. The van der Waals surface area contributed by atoms with Gasteiger partial charge in [-0.2, -0.15) is 0 Å². The molecule has 0 bridgehead atoms. The molecule has 0 atom stereocenters. The summed E-state index contributed by atoms with van der Waals surface area (Å²) in [6, 6.07) is 1.33. The Labute approximate surface area is 88.7 Å². The van der Waals surface area contributed by atoms with Crippen molar-refractivity contribution in [3.8, 4) is 5.75 Å². The highest BCUT2D eigenvalue weighted by atomic mass is 16.4. The van der Waals surface area contributed by atoms with Gasteiger partial charge in [-0.15, -0.1) is 0 Å². The predicted molar refractivity (Wildman–Crippen MR) is 57.2 cm³/mol. The smallest absolute Gasteiger partial charge is 0.227 e. The van der Waals surface area contributed by atoms with Crippen LogP contribution in [0.25, 0.3) is 0 Å². The van der Waals surface area contributed by atoms with E-state index in [1.165, 1.54) is 12.5 Å². The summed E-state index contributed by atoms with van der Waals surface area (Å²) in [5.41, 5.74) is -0.320. The molecule has 1 aromatic rings. The Kier molecular flexibility index (Phi) is 2.80. The summed E-state index contributed by atoms with van der Waals surface area (Å²) in [5, 5.41) is 9.67. The largest absolute Gasteiger partial charge is 0.502 e. The molecule has 0 unspecified atom stereocenters. The molecule has 0 aliphatic heterocycles. The minimum absolute atomic E-state index is 0.188. The third kappa shape index (κ3) is 2.06. The molecule has 1 aliphatic carbocycles. The summed E-state index contributed by atoms with van der Waals surface area (Å²) in [4.78, 5) is 11.4. The average molecular weight is 208 g/mol. The molecule has 0 aromatic carbocycles. The molecule has 1 aromatic heterocycles. The molecule has 1 aliphatic rings. The second-order valence-corrected chi connectivity index (χ2v) is 4.27. The van der Waals surface area contributed by atoms with E-state index < -0.39 is 0 Å². The van der Waals surface area contributed by atoms with Crippen LogP contribution in [0.15, 0.2) is 15.3 Å². The summed E-state index contributed by atoms with van der Waals surface area (Å²) in [5.74, 6) is 1.12. The molecule has 15 heavy (non-hydrogen) atoms. The van der Waals surface area contributed by atoms with Crippen molar-refractivity contribution >= 4 is 0 Å². The number of rotatable bonds is 1. The van der Waals surface area contributed by atoms with Crippen molar-refractivity contribution in [2.75, 3.05) is 0 Å². The first-order valence-corrected chi connectivity index (χ1v) is 5.52. The minimum atomic E-state index is -0.320. The van der Waals surface area contributed by atoms with Gasteiger partial charge in [-0.05, 0) is 19.8 Å². The lowest BCUT2D eigenvalue weighted by atomic mass is 9.87. The first-order valence-electron chi connectivity index (χ1n) is 5.52. The van der Waals surface area contributed by atoms with Gasteiger partial charge in [0.15, 0.2) is 5.76 Å². The Hall–Kier alpha value is -1.25. The molecule has 82 valence electrons. The van der Waals surface area contributed by atoms with E-state index in [9.17, 15) is 9.90 Å². The van der Waals surface area contributed by atoms with Gasteiger partial charge in [-0.25, -0.2) is 0 Å². The average Bonchev–Trinajstić information content (AvgIpc) is 2.24. The number of aromatic hydroxyl groups is 1. The second-order valence-electron chi connectivity index (χ2n) is 4.27. The van der Waals surface area contributed by atoms with Crippen LogP contribution in [0.2, 0.25) is 0 Å². The van der Waals surface area contributed by atoms with Gasteiger partial charge in [0.2, 0.25) is 11.2 Å². The molecular weight excluding hydrogens is 192 g/mol. The number of aryl methyl sites for hydroxylation is 1. The van der Waals surface area contributed by atoms with E-state index in [1.807, 2.05) is 0 Å². The fourth-order valence-electron chi connectivity index (χ4n) is 2.27. The lowest BCUT2D eigenvalue weighted by Crippen LogP contribution is -2.10. The van der Waals surface area contributed by atoms with Crippen LogP contribution in [0.4, 0.5) is 0 Å². The van der Waals surface area contributed by atoms with Crippen LogP contribution in [-0.2, 0) is 0 Å². The molecule has 0 radical (unpaired) electrons. The Bertz CT molecular complexity index is 400. The van der Waals surface area contributed by atoms with Gasteiger partial charge >= 0.3 is 0 Å². The lowest BCUT2D eigenvalue weighted by Gasteiger charge is -2.21. The summed E-state index contributed by atoms with van der Waals surface area (Å²) in [6.45, 7) is 1.74. The topological polar surface area (TPSA) is 50.4 Å². The molecule has 0 amide bonds. The van der Waals surface area contributed by atoms with E-state index in [2.05, 4.69) is 0 Å². The molecule has 0 spiro atoms. The van der Waals surface area contributed by atoms with E-state index in [0.29, 0.717) is 11.5 Å². The first-order chi connectivity index (χ1) is 7.18. The van der Waals surface area contributed by atoms with Gasteiger partial charge in [0.1, 0.15) is 5.76 Å². The molecule has 1 saturated carbocycles. The highest BCUT2D eigenvalue weighted by Crippen LogP contribution is 2.35. The number of hydrogen-bond donors (Lipinski definition) is 1. The van der Waals surface area contributed by atoms with Gasteiger partial charge in [0.25, 0.3) is 0 Å². The Morgan fingerprint density at radius 1 is 1.33 bits per heavy atom. The lowest BCUT2D eigenvalue weighted by molar-refractivity contribution is 0.325. The van der Waals surface area contributed by atoms with Crippen LogP contribution in [0.5, 0.6) is 5.75 Å². The quantitative estimate of drug-likeness (QED) is 0.772. The zero-order chi connectivity index (χ0) is 10.8. The fraction of sp³-hybridized carbons (Fsp3) is 0.583. The van der Waals surface area contributed by atoms with Crippen molar-refractivity contribution in [2.45, 2.75) is 44.9 Å². The van der Waals surface area contributed by atoms with E-state index in [1.54, 1.807) is 6.92 Å². The maximum atomic E-state index is 11.4. The summed E-state index contributed by atoms with van der Waals surface area (Å²) in [7, 11) is 0. The van der Waals surface area contributed by atoms with Crippen molar-refractivity contribution in [3.63, 3.8) is 0 Å². The maximum Gasteiger partial charge on any atom is 0.227 e. The first kappa shape index (κ1) is 10.3. The van der Waals surface area contributed by atoms with Gasteiger partial charge < -0.3 is 9.52 Å². The van der Waals surface area contributed by atoms with Gasteiger partial charge in [-0.1, -0.05) is 19.3 Å². The molecule has 2 rings (SSSR count). The summed E-state index contributed by atoms with van der Waals surface area (Å²) in [6.07, 6.45) is 5.58. The predicted octanol–water partition coefficient (Wildman–Crippen LogP) is 2.70. The van der Waals surface area contributed by atoms with Gasteiger partial charge in [0, 0.05) is 12.0 Å². The maximum absolute atomic E-state index is 11.4. The molecule has 1 heterocycles. The summed E-state index contributed by atoms with van der Waals surface area (Å²) < 4.78 is 5.48. The Morgan fingerprint density at radius 3 is 2.67 bits per heavy atom. The van der Waals surface area contributed by atoms with Crippen molar-refractivity contribution in [1.82, 2.24) is 0 Å². The van der Waals surface area contributed by atoms with E-state index >= 15 is 0 Å². The van der Waals surface area contributed by atoms with Crippen molar-refractivity contribution in [2.24, 2.45) is 0 Å². The molecular formula is C12H16O3. The molecule has 0 saturated heterocycles. The Balaban J connectivity index is 2.37. The van der Waals surface area contributed by atoms with Gasteiger partial charge in [-0.3, -0.25) is 4.79 Å². The third-order valence-corrected chi connectivity index (χ3v) is 3.05. The monoisotopic (exact) mass is 208 g/mol. The van der Waals surface area contributed by atoms with Crippen LogP contribution < -0.4 is 5.43 Å². The highest BCUT2D eigenvalue weighted by Gasteiger charge is 2.22. The SMILES string of the molecule is Cc1cc(=O)c(O)c(C2CCCCC2)o1. The normalized spacial score (nSPS) is 17.9. The zero-order valence-electron chi connectivity index (χ0n) is 8.95. The van der Waals surface area contributed by atoms with Crippen molar-refractivity contribution < 1.29 is 9.52 Å². The van der Waals surface area contributed by atoms with Crippen molar-refractivity contribution in [3.05, 3.63) is 27.8 Å². The standard InChI is InChI=1S/C12H16O3/c1-8-7-10(13)11(14)12(15-8)9-5-3-2-4-6-9/h7,9,14H,2-6H2,1H3.